The maximum atomic E-state index is 3.99. The topological polar surface area (TPSA) is 43.6 Å². The van der Waals surface area contributed by atoms with Crippen molar-refractivity contribution in [1.82, 2.24) is 20.2 Å². The van der Waals surface area contributed by atoms with Gasteiger partial charge in [0, 0.05) is 6.42 Å². The number of aryl methyl sites for hydroxylation is 2. The average Bonchev–Trinajstić information content (AvgIpc) is 2.31. The molecule has 1 rings (SSSR count). The summed E-state index contributed by atoms with van der Waals surface area (Å²) in [5.74, 6) is 0.780. The molecule has 0 aliphatic heterocycles. The van der Waals surface area contributed by atoms with Crippen LogP contribution >= 0.6 is 0 Å². The molecule has 0 saturated heterocycles. The molecule has 0 radical (unpaired) electrons. The van der Waals surface area contributed by atoms with Gasteiger partial charge in [0.15, 0.2) is 5.82 Å². The fraction of sp³-hybridized carbons (Fsp3) is 0.500. The van der Waals surface area contributed by atoms with Crippen LogP contribution in [0.3, 0.4) is 0 Å². The van der Waals surface area contributed by atoms with Crippen molar-refractivity contribution in [2.24, 2.45) is 7.05 Å². The van der Waals surface area contributed by atoms with E-state index in [4.69, 9.17) is 0 Å². The summed E-state index contributed by atoms with van der Waals surface area (Å²) >= 11 is 0. The Labute approximate surface area is 59.5 Å². The molecule has 0 unspecified atom stereocenters. The Morgan fingerprint density at radius 2 is 2.50 bits per heavy atom. The largest absolute Gasteiger partial charge is 0.175 e. The van der Waals surface area contributed by atoms with Crippen LogP contribution in [0.5, 0.6) is 0 Å². The molecule has 4 nitrogen and oxygen atoms in total. The van der Waals surface area contributed by atoms with Gasteiger partial charge in [0.05, 0.1) is 7.05 Å². The van der Waals surface area contributed by atoms with Crippen molar-refractivity contribution in [3.05, 3.63) is 18.5 Å². The molecule has 0 amide bonds. The molecule has 0 saturated carbocycles. The maximum Gasteiger partial charge on any atom is 0.175 e. The Hall–Kier alpha value is -1.19. The smallest absolute Gasteiger partial charge is 0.167 e. The van der Waals surface area contributed by atoms with E-state index >= 15 is 0 Å². The summed E-state index contributed by atoms with van der Waals surface area (Å²) in [5.41, 5.74) is 0. The van der Waals surface area contributed by atoms with Gasteiger partial charge in [0.2, 0.25) is 0 Å². The highest BCUT2D eigenvalue weighted by molar-refractivity contribution is 4.81. The predicted molar refractivity (Wildman–Crippen MR) is 37.3 cm³/mol. The monoisotopic (exact) mass is 138 g/mol. The first-order valence-corrected chi connectivity index (χ1v) is 3.16. The summed E-state index contributed by atoms with van der Waals surface area (Å²) in [6, 6.07) is 0. The fourth-order valence-electron chi connectivity index (χ4n) is 0.655. The van der Waals surface area contributed by atoms with Gasteiger partial charge in [-0.3, -0.25) is 0 Å². The van der Waals surface area contributed by atoms with Crippen LogP contribution < -0.4 is 0 Å². The molecule has 0 N–H and O–H groups in total. The number of hydrogen-bond donors (Lipinski definition) is 0. The third-order valence-electron chi connectivity index (χ3n) is 1.12. The lowest BCUT2D eigenvalue weighted by molar-refractivity contribution is 0.627. The van der Waals surface area contributed by atoms with Crippen LogP contribution in [0.4, 0.5) is 0 Å². The first-order valence-electron chi connectivity index (χ1n) is 3.16. The van der Waals surface area contributed by atoms with Crippen LogP contribution in [0.25, 0.3) is 0 Å². The van der Waals surface area contributed by atoms with Crippen molar-refractivity contribution >= 4 is 0 Å². The summed E-state index contributed by atoms with van der Waals surface area (Å²) < 4.78 is 0. The Morgan fingerprint density at radius 3 is 3.00 bits per heavy atom. The second-order valence-corrected chi connectivity index (χ2v) is 2.02. The van der Waals surface area contributed by atoms with Crippen LogP contribution in [0, 0.1) is 0 Å². The van der Waals surface area contributed by atoms with Gasteiger partial charge < -0.3 is 0 Å². The molecule has 0 fully saturated rings. The molecular formula is C6H10N4. The van der Waals surface area contributed by atoms with Crippen LogP contribution in [-0.2, 0) is 13.5 Å². The number of nitrogens with zero attached hydrogens (tertiary/aromatic N) is 4. The van der Waals surface area contributed by atoms with Crippen molar-refractivity contribution in [2.45, 2.75) is 12.8 Å². The number of hydrogen-bond acceptors (Lipinski definition) is 3. The van der Waals surface area contributed by atoms with Crippen molar-refractivity contribution in [1.29, 1.82) is 0 Å². The number of tetrazole rings is 1. The standard InChI is InChI=1S/C6H10N4/c1-3-4-5-6-7-9-10(2)8-6/h3H,1,4-5H2,2H3. The molecule has 1 aromatic heterocycles. The number of allylic oxidation sites excluding steroid dienone is 1. The van der Waals surface area contributed by atoms with E-state index in [9.17, 15) is 0 Å². The quantitative estimate of drug-likeness (QED) is 0.565. The molecule has 10 heavy (non-hydrogen) atoms. The van der Waals surface area contributed by atoms with Crippen LogP contribution in [0.1, 0.15) is 12.2 Å². The molecule has 0 spiro atoms. The third-order valence-corrected chi connectivity index (χ3v) is 1.12. The second kappa shape index (κ2) is 3.10. The molecule has 0 atom stereocenters. The van der Waals surface area contributed by atoms with Gasteiger partial charge in [0.25, 0.3) is 0 Å². The number of rotatable bonds is 3. The molecule has 0 bridgehead atoms. The van der Waals surface area contributed by atoms with Gasteiger partial charge >= 0.3 is 0 Å². The average molecular weight is 138 g/mol. The lowest BCUT2D eigenvalue weighted by atomic mass is 10.3. The SMILES string of the molecule is C=CCCc1nnn(C)n1. The van der Waals surface area contributed by atoms with E-state index < -0.39 is 0 Å². The summed E-state index contributed by atoms with van der Waals surface area (Å²) in [7, 11) is 1.75. The van der Waals surface area contributed by atoms with Crippen molar-refractivity contribution in [3.63, 3.8) is 0 Å². The van der Waals surface area contributed by atoms with Gasteiger partial charge in [-0.15, -0.1) is 16.8 Å². The molecule has 0 aliphatic rings. The van der Waals surface area contributed by atoms with Gasteiger partial charge in [-0.25, -0.2) is 0 Å². The minimum Gasteiger partial charge on any atom is -0.167 e. The summed E-state index contributed by atoms with van der Waals surface area (Å²) in [4.78, 5) is 1.46. The Balaban J connectivity index is 2.49. The maximum absolute atomic E-state index is 3.99. The third kappa shape index (κ3) is 1.65. The van der Waals surface area contributed by atoms with Crippen molar-refractivity contribution in [3.8, 4) is 0 Å². The molecule has 54 valence electrons. The minimum absolute atomic E-state index is 0.780. The molecule has 1 heterocycles. The molecular weight excluding hydrogens is 128 g/mol. The van der Waals surface area contributed by atoms with E-state index in [1.54, 1.807) is 7.05 Å². The van der Waals surface area contributed by atoms with E-state index in [0.29, 0.717) is 0 Å². The highest BCUT2D eigenvalue weighted by atomic mass is 15.6. The molecule has 0 aromatic carbocycles. The summed E-state index contributed by atoms with van der Waals surface area (Å²) in [5, 5.41) is 11.5. The summed E-state index contributed by atoms with van der Waals surface area (Å²) in [6.07, 6.45) is 3.58. The normalized spacial score (nSPS) is 9.70. The van der Waals surface area contributed by atoms with Gasteiger partial charge in [0.1, 0.15) is 0 Å². The Morgan fingerprint density at radius 1 is 1.70 bits per heavy atom. The highest BCUT2D eigenvalue weighted by Crippen LogP contribution is 1.91. The number of aromatic nitrogens is 4. The van der Waals surface area contributed by atoms with Crippen LogP contribution in [-0.4, -0.2) is 20.2 Å². The molecule has 4 heteroatoms. The zero-order chi connectivity index (χ0) is 7.40. The fourth-order valence-corrected chi connectivity index (χ4v) is 0.655. The van der Waals surface area contributed by atoms with Crippen LogP contribution in [0.15, 0.2) is 12.7 Å². The Kier molecular flexibility index (Phi) is 2.15. The van der Waals surface area contributed by atoms with Gasteiger partial charge in [-0.1, -0.05) is 6.08 Å². The van der Waals surface area contributed by atoms with Crippen LogP contribution in [0.2, 0.25) is 0 Å². The zero-order valence-corrected chi connectivity index (χ0v) is 5.99. The van der Waals surface area contributed by atoms with E-state index in [1.165, 1.54) is 4.80 Å². The lowest BCUT2D eigenvalue weighted by Crippen LogP contribution is -1.93. The second-order valence-electron chi connectivity index (χ2n) is 2.02. The Bertz CT molecular complexity index is 215. The van der Waals surface area contributed by atoms with E-state index in [1.807, 2.05) is 6.08 Å². The zero-order valence-electron chi connectivity index (χ0n) is 5.99. The van der Waals surface area contributed by atoms with Crippen molar-refractivity contribution < 1.29 is 0 Å². The van der Waals surface area contributed by atoms with Gasteiger partial charge in [-0.2, -0.15) is 4.80 Å². The minimum atomic E-state index is 0.780. The highest BCUT2D eigenvalue weighted by Gasteiger charge is 1.96. The van der Waals surface area contributed by atoms with Gasteiger partial charge in [-0.05, 0) is 11.6 Å². The van der Waals surface area contributed by atoms with Crippen molar-refractivity contribution in [2.75, 3.05) is 0 Å². The summed E-state index contributed by atoms with van der Waals surface area (Å²) in [6.45, 7) is 3.60. The molecule has 1 aromatic rings. The first kappa shape index (κ1) is 6.92. The van der Waals surface area contributed by atoms with E-state index in [0.717, 1.165) is 18.7 Å². The van der Waals surface area contributed by atoms with E-state index in [-0.39, 0.29) is 0 Å². The first-order chi connectivity index (χ1) is 4.83. The van der Waals surface area contributed by atoms with E-state index in [2.05, 4.69) is 22.0 Å². The lowest BCUT2D eigenvalue weighted by Gasteiger charge is -1.84. The molecule has 0 aliphatic carbocycles. The predicted octanol–water partition coefficient (Wildman–Crippen LogP) is 0.329.